The molecular formula is C14H22N6OS. The van der Waals surface area contributed by atoms with Crippen molar-refractivity contribution in [2.45, 2.75) is 75.2 Å². The van der Waals surface area contributed by atoms with E-state index >= 15 is 0 Å². The second-order valence-electron chi connectivity index (χ2n) is 6.10. The maximum absolute atomic E-state index is 5.36. The molecule has 1 unspecified atom stereocenters. The lowest BCUT2D eigenvalue weighted by atomic mass is 9.96. The Morgan fingerprint density at radius 2 is 1.95 bits per heavy atom. The number of aromatic nitrogens is 6. The first-order valence-corrected chi connectivity index (χ1v) is 8.81. The van der Waals surface area contributed by atoms with Crippen molar-refractivity contribution < 1.29 is 4.52 Å². The van der Waals surface area contributed by atoms with Gasteiger partial charge >= 0.3 is 0 Å². The minimum Gasteiger partial charge on any atom is -0.338 e. The molecule has 7 nitrogen and oxygen atoms in total. The van der Waals surface area contributed by atoms with E-state index in [4.69, 9.17) is 4.52 Å². The Hall–Kier alpha value is -1.44. The topological polar surface area (TPSA) is 82.5 Å². The normalized spacial score (nSPS) is 18.0. The monoisotopic (exact) mass is 322 g/mol. The van der Waals surface area contributed by atoms with E-state index in [1.54, 1.807) is 11.8 Å². The Balaban J connectivity index is 1.71. The van der Waals surface area contributed by atoms with Crippen LogP contribution in [0.2, 0.25) is 0 Å². The predicted octanol–water partition coefficient (Wildman–Crippen LogP) is 3.54. The molecule has 0 saturated heterocycles. The second-order valence-corrected chi connectivity index (χ2v) is 7.41. The van der Waals surface area contributed by atoms with Crippen LogP contribution >= 0.6 is 11.8 Å². The summed E-state index contributed by atoms with van der Waals surface area (Å²) in [5, 5.41) is 17.1. The number of rotatable bonds is 5. The fourth-order valence-corrected chi connectivity index (χ4v) is 3.56. The molecule has 22 heavy (non-hydrogen) atoms. The first-order chi connectivity index (χ1) is 10.6. The average molecular weight is 322 g/mol. The van der Waals surface area contributed by atoms with Gasteiger partial charge in [0.15, 0.2) is 5.82 Å². The van der Waals surface area contributed by atoms with Crippen molar-refractivity contribution in [3.05, 3.63) is 11.7 Å². The van der Waals surface area contributed by atoms with Gasteiger partial charge < -0.3 is 4.52 Å². The van der Waals surface area contributed by atoms with Crippen molar-refractivity contribution in [2.24, 2.45) is 0 Å². The molecular weight excluding hydrogens is 300 g/mol. The zero-order valence-electron chi connectivity index (χ0n) is 13.3. The van der Waals surface area contributed by atoms with Gasteiger partial charge in [-0.3, -0.25) is 0 Å². The molecule has 0 spiro atoms. The molecule has 0 aromatic carbocycles. The molecule has 2 aromatic rings. The average Bonchev–Trinajstić information content (AvgIpc) is 3.17. The van der Waals surface area contributed by atoms with Crippen molar-refractivity contribution in [1.82, 2.24) is 30.3 Å². The summed E-state index contributed by atoms with van der Waals surface area (Å²) in [4.78, 5) is 4.46. The zero-order valence-corrected chi connectivity index (χ0v) is 14.1. The van der Waals surface area contributed by atoms with Gasteiger partial charge in [0, 0.05) is 5.92 Å². The third-order valence-corrected chi connectivity index (χ3v) is 5.02. The van der Waals surface area contributed by atoms with Crippen LogP contribution in [0.3, 0.4) is 0 Å². The third-order valence-electron chi connectivity index (χ3n) is 3.99. The van der Waals surface area contributed by atoms with Gasteiger partial charge in [0.2, 0.25) is 11.0 Å². The quantitative estimate of drug-likeness (QED) is 0.778. The van der Waals surface area contributed by atoms with Gasteiger partial charge in [0.05, 0.1) is 11.3 Å². The molecule has 1 saturated carbocycles. The molecule has 1 atom stereocenters. The smallest absolute Gasteiger partial charge is 0.239 e. The van der Waals surface area contributed by atoms with Crippen LogP contribution < -0.4 is 0 Å². The molecule has 8 heteroatoms. The molecule has 0 bridgehead atoms. The van der Waals surface area contributed by atoms with Gasteiger partial charge in [0.1, 0.15) is 0 Å². The minimum absolute atomic E-state index is 0.0355. The van der Waals surface area contributed by atoms with Gasteiger partial charge in [-0.1, -0.05) is 50.0 Å². The summed E-state index contributed by atoms with van der Waals surface area (Å²) < 4.78 is 7.33. The van der Waals surface area contributed by atoms with Gasteiger partial charge in [-0.25, -0.2) is 4.68 Å². The highest BCUT2D eigenvalue weighted by Gasteiger charge is 2.24. The molecule has 1 aliphatic carbocycles. The van der Waals surface area contributed by atoms with E-state index in [0.717, 1.165) is 23.8 Å². The first kappa shape index (κ1) is 15.5. The zero-order chi connectivity index (χ0) is 15.5. The molecule has 0 N–H and O–H groups in total. The van der Waals surface area contributed by atoms with Crippen molar-refractivity contribution in [3.63, 3.8) is 0 Å². The largest absolute Gasteiger partial charge is 0.338 e. The summed E-state index contributed by atoms with van der Waals surface area (Å²) >= 11 is 1.58. The SMILES string of the molecule is CC(C)c1noc(C(C)Sc2nnnn2C2CCCCC2)n1. The highest BCUT2D eigenvalue weighted by Crippen LogP contribution is 2.36. The lowest BCUT2D eigenvalue weighted by Gasteiger charge is -2.22. The minimum atomic E-state index is 0.0355. The van der Waals surface area contributed by atoms with Gasteiger partial charge in [-0.05, 0) is 30.2 Å². The maximum atomic E-state index is 5.36. The lowest BCUT2D eigenvalue weighted by molar-refractivity contribution is 0.307. The molecule has 2 aromatic heterocycles. The summed E-state index contributed by atoms with van der Waals surface area (Å²) in [6.07, 6.45) is 6.14. The number of thioether (sulfide) groups is 1. The first-order valence-electron chi connectivity index (χ1n) is 7.93. The van der Waals surface area contributed by atoms with Crippen molar-refractivity contribution >= 4 is 11.8 Å². The van der Waals surface area contributed by atoms with Crippen LogP contribution in [-0.2, 0) is 0 Å². The summed E-state index contributed by atoms with van der Waals surface area (Å²) in [6, 6.07) is 0.423. The van der Waals surface area contributed by atoms with Crippen LogP contribution in [-0.4, -0.2) is 30.3 Å². The van der Waals surface area contributed by atoms with E-state index in [-0.39, 0.29) is 11.2 Å². The highest BCUT2D eigenvalue weighted by molar-refractivity contribution is 7.99. The van der Waals surface area contributed by atoms with E-state index < -0.39 is 0 Å². The Morgan fingerprint density at radius 3 is 2.64 bits per heavy atom. The third kappa shape index (κ3) is 3.31. The molecule has 3 rings (SSSR count). The summed E-state index contributed by atoms with van der Waals surface area (Å²) in [6.45, 7) is 6.15. The van der Waals surface area contributed by atoms with Crippen LogP contribution in [0.4, 0.5) is 0 Å². The fraction of sp³-hybridized carbons (Fsp3) is 0.786. The van der Waals surface area contributed by atoms with Crippen molar-refractivity contribution in [1.29, 1.82) is 0 Å². The number of tetrazole rings is 1. The van der Waals surface area contributed by atoms with E-state index in [1.165, 1.54) is 19.3 Å². The molecule has 0 aliphatic heterocycles. The Kier molecular flexibility index (Phi) is 4.75. The predicted molar refractivity (Wildman–Crippen MR) is 82.6 cm³/mol. The Bertz CT molecular complexity index is 604. The van der Waals surface area contributed by atoms with Crippen LogP contribution in [0.15, 0.2) is 9.68 Å². The van der Waals surface area contributed by atoms with Gasteiger partial charge in [0.25, 0.3) is 0 Å². The van der Waals surface area contributed by atoms with E-state index in [2.05, 4.69) is 39.5 Å². The molecule has 0 radical (unpaired) electrons. The van der Waals surface area contributed by atoms with Gasteiger partial charge in [-0.2, -0.15) is 4.98 Å². The van der Waals surface area contributed by atoms with Crippen LogP contribution in [0.5, 0.6) is 0 Å². The van der Waals surface area contributed by atoms with Crippen LogP contribution in [0.1, 0.15) is 81.8 Å². The fourth-order valence-electron chi connectivity index (χ4n) is 2.67. The number of hydrogen-bond acceptors (Lipinski definition) is 7. The summed E-state index contributed by atoms with van der Waals surface area (Å²) in [5.41, 5.74) is 0. The summed E-state index contributed by atoms with van der Waals surface area (Å²) in [5.74, 6) is 1.64. The van der Waals surface area contributed by atoms with Crippen LogP contribution in [0.25, 0.3) is 0 Å². The van der Waals surface area contributed by atoms with Crippen molar-refractivity contribution in [2.75, 3.05) is 0 Å². The van der Waals surface area contributed by atoms with E-state index in [0.29, 0.717) is 11.9 Å². The molecule has 120 valence electrons. The number of hydrogen-bond donors (Lipinski definition) is 0. The van der Waals surface area contributed by atoms with Crippen LogP contribution in [0, 0.1) is 0 Å². The summed E-state index contributed by atoms with van der Waals surface area (Å²) in [7, 11) is 0. The second kappa shape index (κ2) is 6.76. The lowest BCUT2D eigenvalue weighted by Crippen LogP contribution is -2.15. The van der Waals surface area contributed by atoms with Crippen molar-refractivity contribution in [3.8, 4) is 0 Å². The number of nitrogens with zero attached hydrogens (tertiary/aromatic N) is 6. The standard InChI is InChI=1S/C14H22N6OS/c1-9(2)12-15-13(21-17-12)10(3)22-14-16-18-19-20(14)11-7-5-4-6-8-11/h9-11H,4-8H2,1-3H3. The Labute approximate surface area is 134 Å². The molecule has 2 heterocycles. The Morgan fingerprint density at radius 1 is 1.18 bits per heavy atom. The van der Waals surface area contributed by atoms with E-state index in [1.807, 2.05) is 11.6 Å². The maximum Gasteiger partial charge on any atom is 0.239 e. The molecule has 0 amide bonds. The van der Waals surface area contributed by atoms with E-state index in [9.17, 15) is 0 Å². The molecule has 1 aliphatic rings. The molecule has 1 fully saturated rings. The highest BCUT2D eigenvalue weighted by atomic mass is 32.2. The van der Waals surface area contributed by atoms with Gasteiger partial charge in [-0.15, -0.1) is 5.10 Å².